The van der Waals surface area contributed by atoms with Crippen LogP contribution in [-0.4, -0.2) is 17.3 Å². The molecule has 4 rings (SSSR count). The normalized spacial score (nSPS) is 10.8. The molecular weight excluding hydrogens is 472 g/mol. The van der Waals surface area contributed by atoms with Gasteiger partial charge in [-0.1, -0.05) is 86.5 Å². The predicted octanol–water partition coefficient (Wildman–Crippen LogP) is 7.93. The third kappa shape index (κ3) is 7.94. The van der Waals surface area contributed by atoms with Crippen LogP contribution in [0, 0.1) is 13.8 Å². The van der Waals surface area contributed by atoms with Crippen molar-refractivity contribution in [1.82, 2.24) is 0 Å². The van der Waals surface area contributed by atoms with Crippen LogP contribution in [0.5, 0.6) is 17.2 Å². The number of phenols is 2. The molecule has 38 heavy (non-hydrogen) atoms. The first kappa shape index (κ1) is 28.5. The van der Waals surface area contributed by atoms with Crippen LogP contribution in [0.2, 0.25) is 0 Å². The Morgan fingerprint density at radius 1 is 0.658 bits per heavy atom. The van der Waals surface area contributed by atoms with Gasteiger partial charge in [-0.25, -0.2) is 0 Å². The SMILES string of the molecule is COc1ccccc1NCc1cc(C)ccc1O.Cc1ccc(O)c(CNc2ccccc2C(C)(C)C)c1. The Hall–Kier alpha value is -4.12. The molecule has 0 fully saturated rings. The van der Waals surface area contributed by atoms with Crippen LogP contribution >= 0.6 is 0 Å². The first-order chi connectivity index (χ1) is 18.1. The molecule has 4 aromatic rings. The van der Waals surface area contributed by atoms with Crippen molar-refractivity contribution < 1.29 is 14.9 Å². The Labute approximate surface area is 227 Å². The van der Waals surface area contributed by atoms with Gasteiger partial charge >= 0.3 is 0 Å². The number of hydrogen-bond acceptors (Lipinski definition) is 5. The summed E-state index contributed by atoms with van der Waals surface area (Å²) in [4.78, 5) is 0. The number of aromatic hydroxyl groups is 2. The van der Waals surface area contributed by atoms with E-state index in [1.807, 2.05) is 68.4 Å². The molecular formula is C33H40N2O3. The van der Waals surface area contributed by atoms with Gasteiger partial charge in [0.15, 0.2) is 0 Å². The topological polar surface area (TPSA) is 73.8 Å². The minimum absolute atomic E-state index is 0.0955. The van der Waals surface area contributed by atoms with E-state index in [0.29, 0.717) is 24.6 Å². The summed E-state index contributed by atoms with van der Waals surface area (Å²) < 4.78 is 5.26. The molecule has 0 amide bonds. The van der Waals surface area contributed by atoms with Crippen LogP contribution in [0.25, 0.3) is 0 Å². The average molecular weight is 513 g/mol. The van der Waals surface area contributed by atoms with Crippen molar-refractivity contribution in [2.45, 2.75) is 53.1 Å². The average Bonchev–Trinajstić information content (AvgIpc) is 2.90. The second-order valence-electron chi connectivity index (χ2n) is 10.5. The Morgan fingerprint density at radius 3 is 1.66 bits per heavy atom. The Morgan fingerprint density at radius 2 is 1.13 bits per heavy atom. The summed E-state index contributed by atoms with van der Waals surface area (Å²) >= 11 is 0. The molecule has 0 spiro atoms. The number of methoxy groups -OCH3 is 1. The summed E-state index contributed by atoms with van der Waals surface area (Å²) in [5.41, 5.74) is 7.51. The van der Waals surface area contributed by atoms with Crippen molar-refractivity contribution in [1.29, 1.82) is 0 Å². The van der Waals surface area contributed by atoms with E-state index in [1.165, 1.54) is 5.56 Å². The van der Waals surface area contributed by atoms with Crippen molar-refractivity contribution in [3.63, 3.8) is 0 Å². The van der Waals surface area contributed by atoms with Crippen molar-refractivity contribution in [3.05, 3.63) is 113 Å². The standard InChI is InChI=1S/C18H23NO.C15H17NO2/c1-13-9-10-17(20)14(11-13)12-19-16-8-6-5-7-15(16)18(2,3)4;1-11-7-8-14(17)12(9-11)10-16-13-5-3-4-6-15(13)18-2/h5-11,19-20H,12H2,1-4H3;3-9,16-17H,10H2,1-2H3. The molecule has 0 aliphatic heterocycles. The van der Waals surface area contributed by atoms with E-state index >= 15 is 0 Å². The van der Waals surface area contributed by atoms with Gasteiger partial charge in [0.25, 0.3) is 0 Å². The summed E-state index contributed by atoms with van der Waals surface area (Å²) in [6.07, 6.45) is 0. The largest absolute Gasteiger partial charge is 0.508 e. The molecule has 4 aromatic carbocycles. The van der Waals surface area contributed by atoms with Crippen molar-refractivity contribution in [3.8, 4) is 17.2 Å². The van der Waals surface area contributed by atoms with Gasteiger partial charge in [-0.15, -0.1) is 0 Å². The number of aryl methyl sites for hydroxylation is 2. The number of phenolic OH excluding ortho intramolecular Hbond substituents is 2. The van der Waals surface area contributed by atoms with Crippen LogP contribution in [-0.2, 0) is 18.5 Å². The number of benzene rings is 4. The highest BCUT2D eigenvalue weighted by Gasteiger charge is 2.17. The molecule has 5 heteroatoms. The van der Waals surface area contributed by atoms with Gasteiger partial charge in [-0.2, -0.15) is 0 Å². The van der Waals surface area contributed by atoms with E-state index < -0.39 is 0 Å². The minimum atomic E-state index is 0.0955. The smallest absolute Gasteiger partial charge is 0.141 e. The number of rotatable bonds is 7. The molecule has 0 atom stereocenters. The second kappa shape index (κ2) is 12.9. The van der Waals surface area contributed by atoms with Crippen LogP contribution < -0.4 is 15.4 Å². The molecule has 0 saturated carbocycles. The molecule has 0 heterocycles. The zero-order valence-corrected chi connectivity index (χ0v) is 23.3. The second-order valence-corrected chi connectivity index (χ2v) is 10.5. The van der Waals surface area contributed by atoms with E-state index in [9.17, 15) is 10.2 Å². The van der Waals surface area contributed by atoms with Crippen LogP contribution in [0.1, 0.15) is 48.6 Å². The Kier molecular flexibility index (Phi) is 9.66. The van der Waals surface area contributed by atoms with Gasteiger partial charge in [0.05, 0.1) is 12.8 Å². The third-order valence-corrected chi connectivity index (χ3v) is 6.25. The van der Waals surface area contributed by atoms with Gasteiger partial charge in [0.1, 0.15) is 17.2 Å². The highest BCUT2D eigenvalue weighted by Crippen LogP contribution is 2.30. The number of nitrogens with one attached hydrogen (secondary N) is 2. The molecule has 0 bridgehead atoms. The highest BCUT2D eigenvalue weighted by atomic mass is 16.5. The van der Waals surface area contributed by atoms with E-state index in [-0.39, 0.29) is 5.41 Å². The van der Waals surface area contributed by atoms with Crippen LogP contribution in [0.15, 0.2) is 84.9 Å². The van der Waals surface area contributed by atoms with Crippen LogP contribution in [0.3, 0.4) is 0 Å². The maximum Gasteiger partial charge on any atom is 0.141 e. The molecule has 200 valence electrons. The molecule has 5 nitrogen and oxygen atoms in total. The number of ether oxygens (including phenoxy) is 1. The lowest BCUT2D eigenvalue weighted by Gasteiger charge is -2.23. The lowest BCUT2D eigenvalue weighted by Crippen LogP contribution is -2.14. The van der Waals surface area contributed by atoms with Gasteiger partial charge < -0.3 is 25.6 Å². The van der Waals surface area contributed by atoms with E-state index in [0.717, 1.165) is 39.4 Å². The summed E-state index contributed by atoms with van der Waals surface area (Å²) in [7, 11) is 1.64. The molecule has 0 aliphatic rings. The number of anilines is 2. The van der Waals surface area contributed by atoms with Gasteiger partial charge in [0, 0.05) is 29.9 Å². The lowest BCUT2D eigenvalue weighted by atomic mass is 9.86. The van der Waals surface area contributed by atoms with Gasteiger partial charge in [-0.05, 0) is 55.2 Å². The van der Waals surface area contributed by atoms with Gasteiger partial charge in [-0.3, -0.25) is 0 Å². The number of para-hydroxylation sites is 3. The minimum Gasteiger partial charge on any atom is -0.508 e. The molecule has 0 saturated heterocycles. The Balaban J connectivity index is 0.000000212. The third-order valence-electron chi connectivity index (χ3n) is 6.25. The maximum atomic E-state index is 9.90. The van der Waals surface area contributed by atoms with Gasteiger partial charge in [0.2, 0.25) is 0 Å². The molecule has 0 radical (unpaired) electrons. The zero-order valence-electron chi connectivity index (χ0n) is 23.3. The van der Waals surface area contributed by atoms with Crippen molar-refractivity contribution in [2.24, 2.45) is 0 Å². The monoisotopic (exact) mass is 512 g/mol. The fourth-order valence-corrected chi connectivity index (χ4v) is 4.17. The van der Waals surface area contributed by atoms with E-state index in [1.54, 1.807) is 19.2 Å². The van der Waals surface area contributed by atoms with Crippen LogP contribution in [0.4, 0.5) is 11.4 Å². The number of hydrogen-bond donors (Lipinski definition) is 4. The first-order valence-corrected chi connectivity index (χ1v) is 12.9. The van der Waals surface area contributed by atoms with E-state index in [4.69, 9.17) is 4.74 Å². The quantitative estimate of drug-likeness (QED) is 0.202. The summed E-state index contributed by atoms with van der Waals surface area (Å²) in [5.74, 6) is 1.45. The first-order valence-electron chi connectivity index (χ1n) is 12.9. The fraction of sp³-hybridized carbons (Fsp3) is 0.273. The molecule has 0 aromatic heterocycles. The molecule has 0 aliphatic carbocycles. The summed E-state index contributed by atoms with van der Waals surface area (Å²) in [6, 6.07) is 27.3. The summed E-state index contributed by atoms with van der Waals surface area (Å²) in [5, 5.41) is 26.4. The van der Waals surface area contributed by atoms with E-state index in [2.05, 4.69) is 49.6 Å². The fourth-order valence-electron chi connectivity index (χ4n) is 4.17. The highest BCUT2D eigenvalue weighted by molar-refractivity contribution is 5.57. The van der Waals surface area contributed by atoms with Crippen molar-refractivity contribution >= 4 is 11.4 Å². The Bertz CT molecular complexity index is 1340. The van der Waals surface area contributed by atoms with Crippen molar-refractivity contribution in [2.75, 3.05) is 17.7 Å². The predicted molar refractivity (Wildman–Crippen MR) is 158 cm³/mol. The molecule has 0 unspecified atom stereocenters. The zero-order chi connectivity index (χ0) is 27.7. The maximum absolute atomic E-state index is 9.90. The molecule has 4 N–H and O–H groups in total. The summed E-state index contributed by atoms with van der Waals surface area (Å²) in [6.45, 7) is 11.8. The lowest BCUT2D eigenvalue weighted by molar-refractivity contribution is 0.416.